The fourth-order valence-corrected chi connectivity index (χ4v) is 4.17. The van der Waals surface area contributed by atoms with Crippen LogP contribution in [0.2, 0.25) is 0 Å². The summed E-state index contributed by atoms with van der Waals surface area (Å²) in [6.45, 7) is 5.82. The van der Waals surface area contributed by atoms with Gasteiger partial charge in [-0.25, -0.2) is 4.79 Å². The van der Waals surface area contributed by atoms with Crippen molar-refractivity contribution in [3.63, 3.8) is 0 Å². The SMILES string of the molecule is CN1CCOc2cc(-c3ccc4c(c3)CC(C)(C)C4NC(=O)O)ccc21. The quantitative estimate of drug-likeness (QED) is 0.855. The predicted octanol–water partition coefficient (Wildman–Crippen LogP) is 4.07. The number of carbonyl (C=O) groups is 1. The second-order valence-corrected chi connectivity index (χ2v) is 7.91. The number of anilines is 1. The van der Waals surface area contributed by atoms with Crippen molar-refractivity contribution in [3.05, 3.63) is 47.5 Å². The summed E-state index contributed by atoms with van der Waals surface area (Å²) >= 11 is 0. The molecular formula is C21H24N2O3. The Balaban J connectivity index is 1.70. The molecule has 2 aromatic carbocycles. The van der Waals surface area contributed by atoms with E-state index in [-0.39, 0.29) is 11.5 Å². The van der Waals surface area contributed by atoms with E-state index in [2.05, 4.69) is 67.5 Å². The van der Waals surface area contributed by atoms with Crippen LogP contribution in [0.4, 0.5) is 10.5 Å². The van der Waals surface area contributed by atoms with E-state index < -0.39 is 6.09 Å². The lowest BCUT2D eigenvalue weighted by Gasteiger charge is -2.28. The molecule has 0 fully saturated rings. The number of hydrogen-bond acceptors (Lipinski definition) is 3. The third-order valence-corrected chi connectivity index (χ3v) is 5.54. The Hall–Kier alpha value is -2.69. The monoisotopic (exact) mass is 352 g/mol. The van der Waals surface area contributed by atoms with Crippen molar-refractivity contribution in [1.82, 2.24) is 5.32 Å². The number of carboxylic acid groups (broad SMARTS) is 1. The summed E-state index contributed by atoms with van der Waals surface area (Å²) in [4.78, 5) is 13.4. The molecule has 1 heterocycles. The van der Waals surface area contributed by atoms with Gasteiger partial charge in [0.1, 0.15) is 12.4 Å². The normalized spacial score (nSPS) is 20.1. The topological polar surface area (TPSA) is 61.8 Å². The van der Waals surface area contributed by atoms with Gasteiger partial charge in [0.05, 0.1) is 18.3 Å². The lowest BCUT2D eigenvalue weighted by molar-refractivity contribution is 0.175. The highest BCUT2D eigenvalue weighted by Crippen LogP contribution is 2.46. The summed E-state index contributed by atoms with van der Waals surface area (Å²) in [5.41, 5.74) is 5.52. The summed E-state index contributed by atoms with van der Waals surface area (Å²) in [6.07, 6.45) is -0.123. The molecule has 2 aliphatic rings. The summed E-state index contributed by atoms with van der Waals surface area (Å²) in [6, 6.07) is 12.5. The molecule has 0 saturated heterocycles. The van der Waals surface area contributed by atoms with Gasteiger partial charge in [0.2, 0.25) is 0 Å². The fraction of sp³-hybridized carbons (Fsp3) is 0.381. The molecule has 0 spiro atoms. The van der Waals surface area contributed by atoms with Gasteiger partial charge in [-0.1, -0.05) is 38.1 Å². The number of nitrogens with zero attached hydrogens (tertiary/aromatic N) is 1. The number of nitrogens with one attached hydrogen (secondary N) is 1. The maximum absolute atomic E-state index is 11.2. The molecule has 0 bridgehead atoms. The van der Waals surface area contributed by atoms with Gasteiger partial charge in [-0.15, -0.1) is 0 Å². The highest BCUT2D eigenvalue weighted by Gasteiger charge is 2.40. The number of benzene rings is 2. The number of ether oxygens (including phenoxy) is 1. The molecule has 1 amide bonds. The Bertz CT molecular complexity index is 876. The third-order valence-electron chi connectivity index (χ3n) is 5.54. The molecule has 4 rings (SSSR count). The fourth-order valence-electron chi connectivity index (χ4n) is 4.17. The van der Waals surface area contributed by atoms with Crippen molar-refractivity contribution in [1.29, 1.82) is 0 Å². The number of fused-ring (bicyclic) bond motifs is 2. The molecule has 0 aromatic heterocycles. The molecule has 1 atom stereocenters. The smallest absolute Gasteiger partial charge is 0.405 e. The van der Waals surface area contributed by atoms with Crippen LogP contribution >= 0.6 is 0 Å². The van der Waals surface area contributed by atoms with Crippen molar-refractivity contribution in [2.75, 3.05) is 25.1 Å². The van der Waals surface area contributed by atoms with E-state index in [1.54, 1.807) is 0 Å². The van der Waals surface area contributed by atoms with E-state index in [1.807, 2.05) is 0 Å². The molecule has 26 heavy (non-hydrogen) atoms. The maximum atomic E-state index is 11.2. The van der Waals surface area contributed by atoms with Gasteiger partial charge in [-0.3, -0.25) is 0 Å². The van der Waals surface area contributed by atoms with Crippen LogP contribution in [0.1, 0.15) is 31.0 Å². The second kappa shape index (κ2) is 5.94. The molecule has 5 heteroatoms. The molecule has 0 saturated carbocycles. The van der Waals surface area contributed by atoms with Gasteiger partial charge in [-0.05, 0) is 46.2 Å². The van der Waals surface area contributed by atoms with Gasteiger partial charge >= 0.3 is 6.09 Å². The van der Waals surface area contributed by atoms with Crippen LogP contribution < -0.4 is 15.0 Å². The molecule has 1 aliphatic heterocycles. The van der Waals surface area contributed by atoms with Crippen LogP contribution in [-0.4, -0.2) is 31.4 Å². The van der Waals surface area contributed by atoms with Crippen LogP contribution in [0, 0.1) is 5.41 Å². The van der Waals surface area contributed by atoms with Crippen molar-refractivity contribution >= 4 is 11.8 Å². The van der Waals surface area contributed by atoms with Crippen molar-refractivity contribution in [3.8, 4) is 16.9 Å². The standard InChI is InChI=1S/C21H24N2O3/c1-21(2)12-15-10-13(4-6-16(15)19(21)22-20(24)25)14-5-7-17-18(11-14)26-9-8-23(17)3/h4-7,10-11,19,22H,8-9,12H2,1-3H3,(H,24,25). The Labute approximate surface area is 153 Å². The number of likely N-dealkylation sites (N-methyl/N-ethyl adjacent to an activating group) is 1. The maximum Gasteiger partial charge on any atom is 0.405 e. The summed E-state index contributed by atoms with van der Waals surface area (Å²) in [5, 5.41) is 11.9. The molecular weight excluding hydrogens is 328 g/mol. The van der Waals surface area contributed by atoms with Gasteiger partial charge < -0.3 is 20.1 Å². The van der Waals surface area contributed by atoms with Gasteiger partial charge in [0.15, 0.2) is 0 Å². The van der Waals surface area contributed by atoms with Crippen LogP contribution in [0.15, 0.2) is 36.4 Å². The molecule has 136 valence electrons. The average Bonchev–Trinajstić information content (AvgIpc) is 2.83. The first-order valence-electron chi connectivity index (χ1n) is 8.96. The number of rotatable bonds is 2. The first kappa shape index (κ1) is 16.8. The number of amides is 1. The van der Waals surface area contributed by atoms with Crippen LogP contribution in [0.25, 0.3) is 11.1 Å². The zero-order chi connectivity index (χ0) is 18.5. The highest BCUT2D eigenvalue weighted by atomic mass is 16.5. The molecule has 1 unspecified atom stereocenters. The van der Waals surface area contributed by atoms with E-state index in [0.717, 1.165) is 41.1 Å². The summed E-state index contributed by atoms with van der Waals surface area (Å²) in [5.74, 6) is 0.919. The van der Waals surface area contributed by atoms with Crippen LogP contribution in [0.5, 0.6) is 5.75 Å². The predicted molar refractivity (Wildman–Crippen MR) is 102 cm³/mol. The molecule has 2 N–H and O–H groups in total. The zero-order valence-corrected chi connectivity index (χ0v) is 15.4. The van der Waals surface area contributed by atoms with Crippen LogP contribution in [0.3, 0.4) is 0 Å². The highest BCUT2D eigenvalue weighted by molar-refractivity contribution is 5.73. The molecule has 5 nitrogen and oxygen atoms in total. The van der Waals surface area contributed by atoms with E-state index in [1.165, 1.54) is 5.56 Å². The third kappa shape index (κ3) is 2.77. The lowest BCUT2D eigenvalue weighted by atomic mass is 9.85. The first-order chi connectivity index (χ1) is 12.3. The average molecular weight is 352 g/mol. The Morgan fingerprint density at radius 1 is 1.23 bits per heavy atom. The van der Waals surface area contributed by atoms with E-state index >= 15 is 0 Å². The lowest BCUT2D eigenvalue weighted by Crippen LogP contribution is -2.34. The van der Waals surface area contributed by atoms with Crippen LogP contribution in [-0.2, 0) is 6.42 Å². The van der Waals surface area contributed by atoms with Crippen molar-refractivity contribution in [2.45, 2.75) is 26.3 Å². The zero-order valence-electron chi connectivity index (χ0n) is 15.4. The molecule has 0 radical (unpaired) electrons. The minimum atomic E-state index is -0.976. The van der Waals surface area contributed by atoms with E-state index in [4.69, 9.17) is 9.84 Å². The Morgan fingerprint density at radius 3 is 2.73 bits per heavy atom. The Kier molecular flexibility index (Phi) is 3.83. The minimum Gasteiger partial charge on any atom is -0.490 e. The number of hydrogen-bond donors (Lipinski definition) is 2. The molecule has 1 aliphatic carbocycles. The molecule has 2 aromatic rings. The summed E-state index contributed by atoms with van der Waals surface area (Å²) < 4.78 is 5.83. The Morgan fingerprint density at radius 2 is 1.96 bits per heavy atom. The summed E-state index contributed by atoms with van der Waals surface area (Å²) in [7, 11) is 2.08. The largest absolute Gasteiger partial charge is 0.490 e. The second-order valence-electron chi connectivity index (χ2n) is 7.91. The van der Waals surface area contributed by atoms with Gasteiger partial charge in [0.25, 0.3) is 0 Å². The van der Waals surface area contributed by atoms with Gasteiger partial charge in [-0.2, -0.15) is 0 Å². The van der Waals surface area contributed by atoms with Crippen molar-refractivity contribution < 1.29 is 14.6 Å². The van der Waals surface area contributed by atoms with E-state index in [0.29, 0.717) is 6.61 Å². The van der Waals surface area contributed by atoms with Gasteiger partial charge in [0, 0.05) is 7.05 Å². The first-order valence-corrected chi connectivity index (χ1v) is 8.96. The van der Waals surface area contributed by atoms with Crippen molar-refractivity contribution in [2.24, 2.45) is 5.41 Å². The van der Waals surface area contributed by atoms with E-state index in [9.17, 15) is 4.79 Å². The minimum absolute atomic E-state index is 0.138.